The van der Waals surface area contributed by atoms with Gasteiger partial charge in [0.1, 0.15) is 0 Å². The Morgan fingerprint density at radius 3 is 1.87 bits per heavy atom. The molecule has 0 heterocycles. The van der Waals surface area contributed by atoms with Crippen LogP contribution >= 0.6 is 11.8 Å². The van der Waals surface area contributed by atoms with Crippen LogP contribution in [0.25, 0.3) is 0 Å². The number of hydrogen-bond acceptors (Lipinski definition) is 1. The van der Waals surface area contributed by atoms with Crippen LogP contribution in [-0.4, -0.2) is 73.5 Å². The Morgan fingerprint density at radius 1 is 1.13 bits per heavy atom. The first kappa shape index (κ1) is 14.3. The van der Waals surface area contributed by atoms with Gasteiger partial charge in [0.2, 0.25) is 0 Å². The zero-order valence-electron chi connectivity index (χ0n) is 10.9. The molecule has 0 aliphatic carbocycles. The van der Waals surface area contributed by atoms with E-state index >= 15 is 0 Å². The van der Waals surface area contributed by atoms with Crippen molar-refractivity contribution < 1.29 is 4.58 Å². The van der Waals surface area contributed by atoms with E-state index in [0.29, 0.717) is 0 Å². The van der Waals surface area contributed by atoms with Gasteiger partial charge in [-0.1, -0.05) is 6.92 Å². The zero-order valence-corrected chi connectivity index (χ0v) is 11.7. The van der Waals surface area contributed by atoms with Gasteiger partial charge < -0.3 is 9.80 Å². The molecule has 0 aromatic heterocycles. The number of aliphatic imine (C=N–C) groups is 1. The van der Waals surface area contributed by atoms with Gasteiger partial charge in [0.15, 0.2) is 0 Å². The fraction of sp³-hybridized carbons (Fsp3) is 0.800. The summed E-state index contributed by atoms with van der Waals surface area (Å²) in [5.74, 6) is 1.99. The number of rotatable bonds is 1. The molecule has 4 nitrogen and oxygen atoms in total. The van der Waals surface area contributed by atoms with Crippen LogP contribution in [0.3, 0.4) is 0 Å². The van der Waals surface area contributed by atoms with E-state index < -0.39 is 0 Å². The first-order valence-corrected chi connectivity index (χ1v) is 5.99. The Labute approximate surface area is 97.7 Å². The number of nitrogens with zero attached hydrogens (tertiary/aromatic N) is 4. The van der Waals surface area contributed by atoms with Gasteiger partial charge in [0.05, 0.1) is 14.1 Å². The van der Waals surface area contributed by atoms with Gasteiger partial charge in [-0.3, -0.25) is 4.58 Å². The van der Waals surface area contributed by atoms with Crippen molar-refractivity contribution in [3.05, 3.63) is 0 Å². The third kappa shape index (κ3) is 5.06. The van der Waals surface area contributed by atoms with Crippen molar-refractivity contribution in [1.29, 1.82) is 0 Å². The van der Waals surface area contributed by atoms with Crippen molar-refractivity contribution in [2.75, 3.05) is 48.0 Å². The second-order valence-corrected chi connectivity index (χ2v) is 5.04. The highest BCUT2D eigenvalue weighted by Gasteiger charge is 2.16. The highest BCUT2D eigenvalue weighted by molar-refractivity contribution is 8.13. The lowest BCUT2D eigenvalue weighted by atomic mass is 10.7. The Kier molecular flexibility index (Phi) is 6.40. The van der Waals surface area contributed by atoms with Crippen LogP contribution in [0.1, 0.15) is 6.92 Å². The molecule has 0 rings (SSSR count). The number of guanidine groups is 1. The van der Waals surface area contributed by atoms with Crippen LogP contribution in [0.2, 0.25) is 0 Å². The smallest absolute Gasteiger partial charge is 0.327 e. The summed E-state index contributed by atoms with van der Waals surface area (Å²) in [6.45, 7) is 2.13. The van der Waals surface area contributed by atoms with E-state index in [1.807, 2.05) is 56.7 Å². The molecule has 0 aromatic rings. The third-order valence-electron chi connectivity index (χ3n) is 1.65. The van der Waals surface area contributed by atoms with Gasteiger partial charge in [-0.05, 0) is 11.8 Å². The summed E-state index contributed by atoms with van der Waals surface area (Å²) < 4.78 is 2.04. The van der Waals surface area contributed by atoms with Crippen LogP contribution in [0.5, 0.6) is 0 Å². The quantitative estimate of drug-likeness (QED) is 0.379. The SMILES string of the molecule is CCSC(N=C(N(C)C)N(C)C)=[N+](C)C. The van der Waals surface area contributed by atoms with Crippen LogP contribution in [0.15, 0.2) is 4.99 Å². The fourth-order valence-corrected chi connectivity index (χ4v) is 1.74. The molecule has 15 heavy (non-hydrogen) atoms. The monoisotopic (exact) mass is 231 g/mol. The van der Waals surface area contributed by atoms with Crippen LogP contribution in [-0.2, 0) is 0 Å². The second-order valence-electron chi connectivity index (χ2n) is 3.81. The van der Waals surface area contributed by atoms with Gasteiger partial charge >= 0.3 is 11.1 Å². The molecule has 0 amide bonds. The van der Waals surface area contributed by atoms with E-state index in [0.717, 1.165) is 16.9 Å². The minimum Gasteiger partial charge on any atom is -0.327 e. The van der Waals surface area contributed by atoms with Crippen molar-refractivity contribution in [1.82, 2.24) is 9.80 Å². The molecule has 0 bridgehead atoms. The Bertz CT molecular complexity index is 242. The van der Waals surface area contributed by atoms with Crippen molar-refractivity contribution >= 4 is 22.9 Å². The lowest BCUT2D eigenvalue weighted by Gasteiger charge is -2.17. The first-order valence-electron chi connectivity index (χ1n) is 5.00. The molecule has 0 N–H and O–H groups in total. The molecule has 88 valence electrons. The minimum atomic E-state index is 0.958. The van der Waals surface area contributed by atoms with E-state index in [9.17, 15) is 0 Å². The molecule has 5 heteroatoms. The Morgan fingerprint density at radius 2 is 1.60 bits per heavy atom. The molecule has 0 saturated heterocycles. The maximum absolute atomic E-state index is 4.64. The molecule has 0 aromatic carbocycles. The van der Waals surface area contributed by atoms with Gasteiger partial charge in [-0.2, -0.15) is 0 Å². The lowest BCUT2D eigenvalue weighted by molar-refractivity contribution is -0.462. The fourth-order valence-electron chi connectivity index (χ4n) is 1.08. The molecule has 0 unspecified atom stereocenters. The molecule has 0 aliphatic rings. The molecular formula is C10H23N4S+. The van der Waals surface area contributed by atoms with Gasteiger partial charge in [-0.15, -0.1) is 0 Å². The third-order valence-corrected chi connectivity index (χ3v) is 2.65. The summed E-state index contributed by atoms with van der Waals surface area (Å²) in [5, 5.41) is 1.04. The van der Waals surface area contributed by atoms with E-state index in [1.54, 1.807) is 11.8 Å². The average molecular weight is 231 g/mol. The Hall–Kier alpha value is -0.710. The average Bonchev–Trinajstić information content (AvgIpc) is 2.10. The molecular weight excluding hydrogens is 208 g/mol. The number of hydrogen-bond donors (Lipinski definition) is 0. The molecule has 0 radical (unpaired) electrons. The van der Waals surface area contributed by atoms with Crippen LogP contribution < -0.4 is 0 Å². The van der Waals surface area contributed by atoms with Crippen molar-refractivity contribution in [3.8, 4) is 0 Å². The summed E-state index contributed by atoms with van der Waals surface area (Å²) in [5.41, 5.74) is 0. The van der Waals surface area contributed by atoms with E-state index in [2.05, 4.69) is 11.9 Å². The van der Waals surface area contributed by atoms with Crippen LogP contribution in [0, 0.1) is 0 Å². The second kappa shape index (κ2) is 6.71. The van der Waals surface area contributed by atoms with Gasteiger partial charge in [0, 0.05) is 38.9 Å². The van der Waals surface area contributed by atoms with E-state index in [1.165, 1.54) is 0 Å². The van der Waals surface area contributed by atoms with Crippen molar-refractivity contribution in [2.24, 2.45) is 4.99 Å². The largest absolute Gasteiger partial charge is 0.358 e. The maximum atomic E-state index is 4.64. The molecule has 0 spiro atoms. The molecule has 0 fully saturated rings. The molecule has 0 saturated carbocycles. The van der Waals surface area contributed by atoms with E-state index in [-0.39, 0.29) is 0 Å². The maximum Gasteiger partial charge on any atom is 0.358 e. The number of thioether (sulfide) groups is 1. The summed E-state index contributed by atoms with van der Waals surface area (Å²) in [4.78, 5) is 8.67. The first-order chi connectivity index (χ1) is 6.90. The predicted molar refractivity (Wildman–Crippen MR) is 70.1 cm³/mol. The highest BCUT2D eigenvalue weighted by atomic mass is 32.2. The zero-order chi connectivity index (χ0) is 12.0. The number of amidine groups is 1. The van der Waals surface area contributed by atoms with Gasteiger partial charge in [-0.25, -0.2) is 0 Å². The lowest BCUT2D eigenvalue weighted by Crippen LogP contribution is -2.36. The summed E-state index contributed by atoms with van der Waals surface area (Å²) in [7, 11) is 12.0. The molecule has 0 aliphatic heterocycles. The Balaban J connectivity index is 5.01. The highest BCUT2D eigenvalue weighted by Crippen LogP contribution is 2.05. The normalized spacial score (nSPS) is 9.53. The van der Waals surface area contributed by atoms with Crippen LogP contribution in [0.4, 0.5) is 0 Å². The summed E-state index contributed by atoms with van der Waals surface area (Å²) >= 11 is 1.75. The van der Waals surface area contributed by atoms with E-state index in [4.69, 9.17) is 0 Å². The topological polar surface area (TPSA) is 21.9 Å². The summed E-state index contributed by atoms with van der Waals surface area (Å²) in [6, 6.07) is 0. The summed E-state index contributed by atoms with van der Waals surface area (Å²) in [6.07, 6.45) is 0. The standard InChI is InChI=1S/C10H23N4S/c1-8-15-10(14(6)7)11-9(12(2)3)13(4)5/h8H2,1-7H3/q+1. The van der Waals surface area contributed by atoms with Gasteiger partial charge in [0.25, 0.3) is 0 Å². The van der Waals surface area contributed by atoms with Crippen molar-refractivity contribution in [3.63, 3.8) is 0 Å². The van der Waals surface area contributed by atoms with Crippen molar-refractivity contribution in [2.45, 2.75) is 6.92 Å². The minimum absolute atomic E-state index is 0.958. The predicted octanol–water partition coefficient (Wildman–Crippen LogP) is 0.847. The molecule has 0 atom stereocenters.